The molecule has 5 rings (SSSR count). The van der Waals surface area contributed by atoms with E-state index >= 15 is 0 Å². The van der Waals surface area contributed by atoms with Crippen molar-refractivity contribution in [2.45, 2.75) is 45.4 Å². The summed E-state index contributed by atoms with van der Waals surface area (Å²) in [5.74, 6) is -0.222. The molecule has 2 atom stereocenters. The van der Waals surface area contributed by atoms with E-state index in [1.165, 1.54) is 12.1 Å². The summed E-state index contributed by atoms with van der Waals surface area (Å²) in [6.07, 6.45) is 1.26. The van der Waals surface area contributed by atoms with Gasteiger partial charge in [0.05, 0.1) is 17.2 Å². The van der Waals surface area contributed by atoms with Gasteiger partial charge >= 0.3 is 17.9 Å². The van der Waals surface area contributed by atoms with E-state index in [1.807, 2.05) is 41.8 Å². The highest BCUT2D eigenvalue weighted by molar-refractivity contribution is 6.04. The van der Waals surface area contributed by atoms with Crippen LogP contribution in [0.4, 0.5) is 5.69 Å². The van der Waals surface area contributed by atoms with Crippen LogP contribution in [0.2, 0.25) is 0 Å². The van der Waals surface area contributed by atoms with Crippen LogP contribution in [0.1, 0.15) is 37.8 Å². The van der Waals surface area contributed by atoms with E-state index in [0.29, 0.717) is 46.9 Å². The average Bonchev–Trinajstić information content (AvgIpc) is 3.33. The third-order valence-electron chi connectivity index (χ3n) is 6.83. The number of allylic oxidation sites excluding steroid dienone is 1. The first kappa shape index (κ1) is 24.2. The molecule has 1 fully saturated rings. The molecular formula is C27H27N4O6+. The summed E-state index contributed by atoms with van der Waals surface area (Å²) in [5, 5.41) is 17.7. The van der Waals surface area contributed by atoms with Gasteiger partial charge in [-0.3, -0.25) is 10.1 Å². The number of hydrogen-bond donors (Lipinski definition) is 2. The molecule has 10 heteroatoms. The Morgan fingerprint density at radius 2 is 1.62 bits per heavy atom. The Morgan fingerprint density at radius 1 is 0.973 bits per heavy atom. The molecule has 0 bridgehead atoms. The minimum Gasteiger partial charge on any atom is -0.462 e. The Bertz CT molecular complexity index is 1360. The monoisotopic (exact) mass is 503 g/mol. The summed E-state index contributed by atoms with van der Waals surface area (Å²) in [6.45, 7) is 3.94. The molecule has 2 aromatic rings. The van der Waals surface area contributed by atoms with Crippen molar-refractivity contribution < 1.29 is 28.6 Å². The maximum Gasteiger partial charge on any atom is 0.356 e. The van der Waals surface area contributed by atoms with Gasteiger partial charge in [-0.15, -0.1) is 0 Å². The summed E-state index contributed by atoms with van der Waals surface area (Å²) in [5.41, 5.74) is 3.65. The molecule has 10 nitrogen and oxygen atoms in total. The van der Waals surface area contributed by atoms with Crippen LogP contribution in [0.25, 0.3) is 5.70 Å². The van der Waals surface area contributed by atoms with Crippen LogP contribution >= 0.6 is 0 Å². The lowest BCUT2D eigenvalue weighted by molar-refractivity contribution is -0.566. The topological polar surface area (TPSA) is 123 Å². The predicted molar refractivity (Wildman–Crippen MR) is 134 cm³/mol. The number of carbonyl (C=O) groups excluding carboxylic acids is 2. The van der Waals surface area contributed by atoms with Crippen LogP contribution in [0.5, 0.6) is 0 Å². The van der Waals surface area contributed by atoms with Gasteiger partial charge < -0.3 is 9.47 Å². The molecule has 0 aromatic heterocycles. The molecule has 1 saturated heterocycles. The number of rotatable bonds is 7. The zero-order valence-electron chi connectivity index (χ0n) is 20.5. The first-order valence-electron chi connectivity index (χ1n) is 12.2. The maximum absolute atomic E-state index is 13.2. The number of nitrogens with one attached hydrogen (secondary N) is 2. The van der Waals surface area contributed by atoms with Gasteiger partial charge in [0.15, 0.2) is 0 Å². The minimum atomic E-state index is -0.466. The van der Waals surface area contributed by atoms with E-state index in [2.05, 4.69) is 10.6 Å². The Labute approximate surface area is 213 Å². The smallest absolute Gasteiger partial charge is 0.356 e. The van der Waals surface area contributed by atoms with Crippen molar-refractivity contribution in [3.8, 4) is 0 Å². The summed E-state index contributed by atoms with van der Waals surface area (Å²) < 4.78 is 13.1. The molecule has 0 unspecified atom stereocenters. The lowest BCUT2D eigenvalue weighted by Gasteiger charge is -2.32. The lowest BCUT2D eigenvalue weighted by atomic mass is 9.97. The second-order valence-electron chi connectivity index (χ2n) is 9.03. The first-order valence-corrected chi connectivity index (χ1v) is 12.2. The second kappa shape index (κ2) is 9.88. The van der Waals surface area contributed by atoms with E-state index in [0.717, 1.165) is 5.56 Å². The third kappa shape index (κ3) is 4.46. The Hall–Kier alpha value is -4.47. The molecule has 0 amide bonds. The summed E-state index contributed by atoms with van der Waals surface area (Å²) in [4.78, 5) is 37.0. The van der Waals surface area contributed by atoms with Crippen molar-refractivity contribution >= 4 is 29.3 Å². The van der Waals surface area contributed by atoms with Gasteiger partial charge in [-0.2, -0.15) is 0 Å². The van der Waals surface area contributed by atoms with Gasteiger partial charge in [-0.1, -0.05) is 30.3 Å². The van der Waals surface area contributed by atoms with Crippen LogP contribution in [-0.4, -0.2) is 46.1 Å². The average molecular weight is 504 g/mol. The van der Waals surface area contributed by atoms with Crippen LogP contribution in [-0.2, 0) is 25.7 Å². The third-order valence-corrected chi connectivity index (χ3v) is 6.83. The fourth-order valence-electron chi connectivity index (χ4n) is 5.21. The fraction of sp³-hybridized carbons (Fsp3) is 0.296. The van der Waals surface area contributed by atoms with Gasteiger partial charge in [-0.05, 0) is 44.4 Å². The number of hydrogen-bond acceptors (Lipinski definition) is 8. The molecule has 0 saturated carbocycles. The maximum atomic E-state index is 13.2. The summed E-state index contributed by atoms with van der Waals surface area (Å²) in [6, 6.07) is 14.9. The number of esters is 2. The van der Waals surface area contributed by atoms with Gasteiger partial charge in [0.1, 0.15) is 35.5 Å². The van der Waals surface area contributed by atoms with Crippen LogP contribution in [0, 0.1) is 10.1 Å². The Morgan fingerprint density at radius 3 is 2.27 bits per heavy atom. The highest BCUT2D eigenvalue weighted by Gasteiger charge is 2.51. The van der Waals surface area contributed by atoms with Gasteiger partial charge in [-0.25, -0.2) is 24.8 Å². The molecule has 2 aromatic carbocycles. The number of carbonyl (C=O) groups is 2. The van der Waals surface area contributed by atoms with Gasteiger partial charge in [0.25, 0.3) is 5.69 Å². The molecule has 2 N–H and O–H groups in total. The minimum absolute atomic E-state index is 0.0405. The number of nitro groups is 1. The zero-order chi connectivity index (χ0) is 26.1. The summed E-state index contributed by atoms with van der Waals surface area (Å²) >= 11 is 0. The van der Waals surface area contributed by atoms with E-state index in [-0.39, 0.29) is 31.0 Å². The van der Waals surface area contributed by atoms with Crippen LogP contribution in [0.3, 0.4) is 0 Å². The van der Waals surface area contributed by atoms with Crippen molar-refractivity contribution in [3.05, 3.63) is 92.7 Å². The van der Waals surface area contributed by atoms with Crippen molar-refractivity contribution in [2.75, 3.05) is 6.61 Å². The molecule has 37 heavy (non-hydrogen) atoms. The number of benzene rings is 2. The molecule has 3 heterocycles. The lowest BCUT2D eigenvalue weighted by Crippen LogP contribution is -2.56. The van der Waals surface area contributed by atoms with Crippen molar-refractivity contribution in [1.82, 2.24) is 10.6 Å². The number of nitro benzene ring substituents is 1. The largest absolute Gasteiger partial charge is 0.462 e. The van der Waals surface area contributed by atoms with Crippen molar-refractivity contribution in [1.29, 1.82) is 0 Å². The molecule has 0 aliphatic carbocycles. The number of guanidine groups is 1. The van der Waals surface area contributed by atoms with Crippen molar-refractivity contribution in [3.63, 3.8) is 0 Å². The Kier molecular flexibility index (Phi) is 6.47. The standard InChI is InChI=1S/C27H26N4O6/c1-3-36-26(33)23-21-14-13-20-22(25(32)37-15-17-7-5-4-6-8-17)16(2)28-27(30(20)21)29-24(23)18-9-11-19(12-10-18)31(34)35/h4-12,20-21H,3,13-15H2,1-2H3,(H,28,29,32,33)/p+1/t20-,21-/m1/s1. The van der Waals surface area contributed by atoms with E-state index < -0.39 is 16.9 Å². The zero-order valence-corrected chi connectivity index (χ0v) is 20.5. The highest BCUT2D eigenvalue weighted by Crippen LogP contribution is 2.38. The molecular weight excluding hydrogens is 476 g/mol. The molecule has 3 aliphatic heterocycles. The highest BCUT2D eigenvalue weighted by atomic mass is 16.6. The van der Waals surface area contributed by atoms with Crippen LogP contribution < -0.4 is 10.6 Å². The van der Waals surface area contributed by atoms with E-state index in [4.69, 9.17) is 9.47 Å². The Balaban J connectivity index is 1.46. The molecule has 0 spiro atoms. The SMILES string of the molecule is CCOC(=O)C1=C(c2ccc([N+](=O)[O-])cc2)NC2=[N+]3[C@H](CC[C@H]13)C(C(=O)OCc1ccccc1)=C(C)N2. The molecule has 3 aliphatic rings. The second-order valence-corrected chi connectivity index (χ2v) is 9.03. The molecule has 0 radical (unpaired) electrons. The van der Waals surface area contributed by atoms with Crippen LogP contribution in [0.15, 0.2) is 71.4 Å². The fourth-order valence-corrected chi connectivity index (χ4v) is 5.21. The predicted octanol–water partition coefficient (Wildman–Crippen LogP) is 2.99. The van der Waals surface area contributed by atoms with E-state index in [1.54, 1.807) is 19.1 Å². The first-order chi connectivity index (χ1) is 17.9. The van der Waals surface area contributed by atoms with Gasteiger partial charge in [0, 0.05) is 17.7 Å². The van der Waals surface area contributed by atoms with E-state index in [9.17, 15) is 19.7 Å². The van der Waals surface area contributed by atoms with Gasteiger partial charge in [0.2, 0.25) is 0 Å². The molecule has 190 valence electrons. The van der Waals surface area contributed by atoms with Crippen molar-refractivity contribution in [2.24, 2.45) is 0 Å². The normalized spacial score (nSPS) is 20.2. The summed E-state index contributed by atoms with van der Waals surface area (Å²) in [7, 11) is 0. The number of nitrogens with zero attached hydrogens (tertiary/aromatic N) is 2. The quantitative estimate of drug-likeness (QED) is 0.256. The number of non-ortho nitro benzene ring substituents is 1. The number of ether oxygens (including phenoxy) is 2.